The second-order valence-corrected chi connectivity index (χ2v) is 9.94. The summed E-state index contributed by atoms with van der Waals surface area (Å²) in [5.41, 5.74) is 3.32. The van der Waals surface area contributed by atoms with Crippen LogP contribution in [0.2, 0.25) is 5.02 Å². The number of carbonyl (C=O) groups excluding carboxylic acids is 2. The maximum atomic E-state index is 13.3. The van der Waals surface area contributed by atoms with Crippen molar-refractivity contribution in [3.05, 3.63) is 124 Å². The number of nitrogens with zero attached hydrogens (tertiary/aromatic N) is 3. The summed E-state index contributed by atoms with van der Waals surface area (Å²) in [5, 5.41) is 11.8. The molecule has 1 amide bonds. The van der Waals surface area contributed by atoms with Gasteiger partial charge in [0.05, 0.1) is 17.9 Å². The van der Waals surface area contributed by atoms with Crippen molar-refractivity contribution in [3.63, 3.8) is 0 Å². The molecule has 39 heavy (non-hydrogen) atoms. The summed E-state index contributed by atoms with van der Waals surface area (Å²) in [6.45, 7) is 3.39. The van der Waals surface area contributed by atoms with Gasteiger partial charge in [0.1, 0.15) is 18.1 Å². The number of ketones is 1. The number of halogens is 1. The zero-order valence-corrected chi connectivity index (χ0v) is 22.2. The Morgan fingerprint density at radius 2 is 1.82 bits per heavy atom. The molecule has 1 fully saturated rings. The highest BCUT2D eigenvalue weighted by atomic mass is 35.5. The molecule has 1 aliphatic heterocycles. The molecule has 1 N–H and O–H groups in total. The van der Waals surface area contributed by atoms with Gasteiger partial charge in [0.15, 0.2) is 0 Å². The van der Waals surface area contributed by atoms with Crippen molar-refractivity contribution in [3.8, 4) is 5.75 Å². The lowest BCUT2D eigenvalue weighted by Crippen LogP contribution is -2.31. The van der Waals surface area contributed by atoms with E-state index in [1.54, 1.807) is 61.1 Å². The second kappa shape index (κ2) is 11.6. The van der Waals surface area contributed by atoms with Gasteiger partial charge in [0, 0.05) is 36.1 Å². The third kappa shape index (κ3) is 5.89. The summed E-state index contributed by atoms with van der Waals surface area (Å²) >= 11 is 6.27. The molecule has 5 rings (SSSR count). The van der Waals surface area contributed by atoms with E-state index in [0.29, 0.717) is 48.0 Å². The molecule has 1 unspecified atom stereocenters. The number of imidazole rings is 1. The van der Waals surface area contributed by atoms with E-state index < -0.39 is 17.7 Å². The van der Waals surface area contributed by atoms with E-state index in [-0.39, 0.29) is 11.3 Å². The first-order valence-corrected chi connectivity index (χ1v) is 13.1. The number of rotatable bonds is 9. The Labute approximate surface area is 231 Å². The third-order valence-electron chi connectivity index (χ3n) is 6.69. The van der Waals surface area contributed by atoms with Gasteiger partial charge in [-0.25, -0.2) is 4.98 Å². The van der Waals surface area contributed by atoms with Gasteiger partial charge in [0.25, 0.3) is 11.7 Å². The average Bonchev–Trinajstić information content (AvgIpc) is 3.54. The SMILES string of the molecule is Cc1cccc(COc2ccc(/C(O)=C3/C(=O)C(=O)N(CCCn4ccnc4)C3c3cccc(Cl)c3)cc2)c1. The minimum Gasteiger partial charge on any atom is -0.507 e. The summed E-state index contributed by atoms with van der Waals surface area (Å²) < 4.78 is 7.80. The molecule has 1 atom stereocenters. The Hall–Kier alpha value is -4.36. The van der Waals surface area contributed by atoms with Crippen LogP contribution in [0.5, 0.6) is 5.75 Å². The van der Waals surface area contributed by atoms with Crippen LogP contribution >= 0.6 is 11.6 Å². The molecule has 2 heterocycles. The Kier molecular flexibility index (Phi) is 7.79. The molecule has 0 spiro atoms. The number of aromatic nitrogens is 2. The van der Waals surface area contributed by atoms with Gasteiger partial charge in [-0.15, -0.1) is 0 Å². The Morgan fingerprint density at radius 1 is 1.03 bits per heavy atom. The van der Waals surface area contributed by atoms with Crippen LogP contribution in [0, 0.1) is 6.92 Å². The topological polar surface area (TPSA) is 84.7 Å². The van der Waals surface area contributed by atoms with E-state index in [2.05, 4.69) is 11.1 Å². The third-order valence-corrected chi connectivity index (χ3v) is 6.93. The van der Waals surface area contributed by atoms with Gasteiger partial charge >= 0.3 is 0 Å². The summed E-state index contributed by atoms with van der Waals surface area (Å²) in [6.07, 6.45) is 5.85. The number of hydrogen-bond acceptors (Lipinski definition) is 5. The number of amides is 1. The minimum absolute atomic E-state index is 0.0401. The molecular weight excluding hydrogens is 514 g/mol. The summed E-state index contributed by atoms with van der Waals surface area (Å²) in [6, 6.07) is 21.2. The zero-order valence-electron chi connectivity index (χ0n) is 21.5. The molecule has 3 aromatic carbocycles. The van der Waals surface area contributed by atoms with E-state index in [1.165, 1.54) is 4.90 Å². The predicted molar refractivity (Wildman–Crippen MR) is 149 cm³/mol. The van der Waals surface area contributed by atoms with Crippen molar-refractivity contribution in [1.82, 2.24) is 14.5 Å². The lowest BCUT2D eigenvalue weighted by atomic mass is 9.95. The number of aliphatic hydroxyl groups is 1. The van der Waals surface area contributed by atoms with Gasteiger partial charge in [-0.1, -0.05) is 53.6 Å². The molecule has 198 valence electrons. The number of benzene rings is 3. The van der Waals surface area contributed by atoms with Crippen LogP contribution in [0.1, 0.15) is 34.7 Å². The number of aryl methyl sites for hydroxylation is 2. The number of Topliss-reactive ketones (excluding diaryl/α,β-unsaturated/α-hetero) is 1. The summed E-state index contributed by atoms with van der Waals surface area (Å²) in [5.74, 6) is -0.981. The number of hydrogen-bond donors (Lipinski definition) is 1. The highest BCUT2D eigenvalue weighted by Crippen LogP contribution is 2.40. The average molecular weight is 542 g/mol. The standard InChI is InChI=1S/C31H28ClN3O4/c1-21-5-2-6-22(17-21)19-39-26-11-9-23(10-12-26)29(36)27-28(24-7-3-8-25(32)18-24)35(31(38)30(27)37)15-4-14-34-16-13-33-20-34/h2-3,5-13,16-18,20,28,36H,4,14-15,19H2,1H3/b29-27-. The Morgan fingerprint density at radius 3 is 2.54 bits per heavy atom. The molecule has 0 saturated carbocycles. The lowest BCUT2D eigenvalue weighted by Gasteiger charge is -2.25. The van der Waals surface area contributed by atoms with Crippen LogP contribution in [0.4, 0.5) is 0 Å². The molecule has 1 saturated heterocycles. The number of carbonyl (C=O) groups is 2. The van der Waals surface area contributed by atoms with Gasteiger partial charge in [-0.3, -0.25) is 9.59 Å². The van der Waals surface area contributed by atoms with Crippen molar-refractivity contribution in [2.45, 2.75) is 32.5 Å². The summed E-state index contributed by atoms with van der Waals surface area (Å²) in [7, 11) is 0. The quantitative estimate of drug-likeness (QED) is 0.161. The van der Waals surface area contributed by atoms with Crippen LogP contribution in [-0.2, 0) is 22.7 Å². The monoisotopic (exact) mass is 541 g/mol. The number of aliphatic hydroxyl groups excluding tert-OH is 1. The highest BCUT2D eigenvalue weighted by Gasteiger charge is 2.45. The lowest BCUT2D eigenvalue weighted by molar-refractivity contribution is -0.139. The van der Waals surface area contributed by atoms with Gasteiger partial charge in [-0.05, 0) is 60.9 Å². The van der Waals surface area contributed by atoms with Crippen molar-refractivity contribution in [2.75, 3.05) is 6.54 Å². The molecule has 1 aromatic heterocycles. The van der Waals surface area contributed by atoms with Crippen LogP contribution in [-0.4, -0.2) is 37.8 Å². The molecule has 4 aromatic rings. The van der Waals surface area contributed by atoms with E-state index >= 15 is 0 Å². The van der Waals surface area contributed by atoms with Crippen LogP contribution in [0.3, 0.4) is 0 Å². The van der Waals surface area contributed by atoms with Crippen molar-refractivity contribution >= 4 is 29.1 Å². The maximum Gasteiger partial charge on any atom is 0.295 e. The molecule has 0 aliphatic carbocycles. The van der Waals surface area contributed by atoms with Crippen molar-refractivity contribution in [1.29, 1.82) is 0 Å². The molecule has 1 aliphatic rings. The van der Waals surface area contributed by atoms with Gasteiger partial charge in [-0.2, -0.15) is 0 Å². The predicted octanol–water partition coefficient (Wildman–Crippen LogP) is 5.94. The molecule has 7 nitrogen and oxygen atoms in total. The van der Waals surface area contributed by atoms with Crippen LogP contribution < -0.4 is 4.74 Å². The smallest absolute Gasteiger partial charge is 0.295 e. The molecule has 0 radical (unpaired) electrons. The molecule has 0 bridgehead atoms. The van der Waals surface area contributed by atoms with Gasteiger partial charge in [0.2, 0.25) is 0 Å². The largest absolute Gasteiger partial charge is 0.507 e. The van der Waals surface area contributed by atoms with E-state index in [9.17, 15) is 14.7 Å². The first-order valence-electron chi connectivity index (χ1n) is 12.7. The van der Waals surface area contributed by atoms with Gasteiger partial charge < -0.3 is 19.3 Å². The second-order valence-electron chi connectivity index (χ2n) is 9.50. The fourth-order valence-electron chi connectivity index (χ4n) is 4.81. The Bertz CT molecular complexity index is 1510. The Balaban J connectivity index is 1.41. The highest BCUT2D eigenvalue weighted by molar-refractivity contribution is 6.46. The maximum absolute atomic E-state index is 13.3. The number of ether oxygens (including phenoxy) is 1. The van der Waals surface area contributed by atoms with Crippen LogP contribution in [0.15, 0.2) is 97.1 Å². The van der Waals surface area contributed by atoms with E-state index in [1.807, 2.05) is 35.9 Å². The minimum atomic E-state index is -0.760. The first kappa shape index (κ1) is 26.3. The first-order chi connectivity index (χ1) is 18.9. The molecule has 8 heteroatoms. The zero-order chi connectivity index (χ0) is 27.4. The van der Waals surface area contributed by atoms with Crippen molar-refractivity contribution < 1.29 is 19.4 Å². The van der Waals surface area contributed by atoms with Crippen molar-refractivity contribution in [2.24, 2.45) is 0 Å². The fraction of sp³-hybridized carbons (Fsp3) is 0.194. The van der Waals surface area contributed by atoms with E-state index in [4.69, 9.17) is 16.3 Å². The number of likely N-dealkylation sites (tertiary alicyclic amines) is 1. The fourth-order valence-corrected chi connectivity index (χ4v) is 5.01. The summed E-state index contributed by atoms with van der Waals surface area (Å²) in [4.78, 5) is 32.0. The van der Waals surface area contributed by atoms with E-state index in [0.717, 1.165) is 11.1 Å². The normalized spacial score (nSPS) is 16.6. The molecular formula is C31H28ClN3O4. The van der Waals surface area contributed by atoms with Crippen LogP contribution in [0.25, 0.3) is 5.76 Å².